The highest BCUT2D eigenvalue weighted by molar-refractivity contribution is 7.89. The lowest BCUT2D eigenvalue weighted by Gasteiger charge is -2.28. The number of hydrogen-bond donors (Lipinski definition) is 12. The number of aromatic hydroxyl groups is 1. The van der Waals surface area contributed by atoms with Gasteiger partial charge in [-0.3, -0.25) is 38.8 Å². The van der Waals surface area contributed by atoms with E-state index in [1.165, 1.54) is 30.3 Å². The standard InChI is InChI=1S/C54H78N14O9S/c1-7-33(4)46(47(55)70)66-51(74)42(30-34-15-9-8-10-16-34)64-49(72)40(20-14-28-61-54(58)59)62-48(71)39(19-13-27-60-53(56)57)63-50(73)41(31-35-23-25-36(69)26-24-35)65-52(75)43(29-32(2)3)67-78(76,77)45-22-12-17-37-38(45)18-11-21-44(37)68(5)6/h8-12,15-18,21-26,32-33,39-43,46,67,69H,7,13-14,19-20,27-31H2,1-6H3,(H2,55,70)(H,62,71)(H,63,73)(H,64,72)(H,65,75)(H,66,74)(H4,56,57,60)(H4,58,59,61)/t33-,39-,40-,41-,42-,43-,46-/m0/s1. The zero-order valence-corrected chi connectivity index (χ0v) is 46.0. The van der Waals surface area contributed by atoms with Gasteiger partial charge in [-0.15, -0.1) is 0 Å². The summed E-state index contributed by atoms with van der Waals surface area (Å²) in [6, 6.07) is 16.8. The van der Waals surface area contributed by atoms with E-state index in [-0.39, 0.29) is 92.4 Å². The maximum atomic E-state index is 14.7. The molecule has 0 spiro atoms. The second-order valence-electron chi connectivity index (χ2n) is 19.8. The molecule has 4 rings (SSSR count). The fourth-order valence-electron chi connectivity index (χ4n) is 8.57. The summed E-state index contributed by atoms with van der Waals surface area (Å²) < 4.78 is 31.2. The van der Waals surface area contributed by atoms with E-state index in [4.69, 9.17) is 28.7 Å². The van der Waals surface area contributed by atoms with Crippen LogP contribution in [-0.2, 0) is 51.6 Å². The minimum atomic E-state index is -4.39. The van der Waals surface area contributed by atoms with Gasteiger partial charge in [-0.05, 0) is 79.3 Å². The number of fused-ring (bicyclic) bond motifs is 1. The molecule has 6 amide bonds. The Balaban J connectivity index is 1.71. The number of benzene rings is 4. The Labute approximate surface area is 456 Å². The van der Waals surface area contributed by atoms with Gasteiger partial charge >= 0.3 is 0 Å². The molecule has 0 radical (unpaired) electrons. The molecule has 17 N–H and O–H groups in total. The topological polar surface area (TPSA) is 387 Å². The Morgan fingerprint density at radius 1 is 0.577 bits per heavy atom. The Morgan fingerprint density at radius 3 is 1.53 bits per heavy atom. The van der Waals surface area contributed by atoms with Crippen molar-refractivity contribution in [3.05, 3.63) is 102 Å². The van der Waals surface area contributed by atoms with Crippen molar-refractivity contribution in [3.8, 4) is 5.75 Å². The van der Waals surface area contributed by atoms with Crippen molar-refractivity contribution in [2.45, 2.75) is 120 Å². The zero-order valence-electron chi connectivity index (χ0n) is 45.2. The lowest BCUT2D eigenvalue weighted by atomic mass is 9.97. The number of sulfonamides is 1. The first-order valence-corrected chi connectivity index (χ1v) is 27.3. The highest BCUT2D eigenvalue weighted by atomic mass is 32.2. The molecule has 23 nitrogen and oxygen atoms in total. The van der Waals surface area contributed by atoms with Gasteiger partial charge in [0.05, 0.1) is 4.90 Å². The van der Waals surface area contributed by atoms with E-state index in [0.717, 1.165) is 5.69 Å². The summed E-state index contributed by atoms with van der Waals surface area (Å²) in [4.78, 5) is 94.6. The number of nitrogens with two attached hydrogens (primary N) is 5. The molecule has 4 aromatic rings. The highest BCUT2D eigenvalue weighted by Crippen LogP contribution is 2.30. The molecule has 4 aromatic carbocycles. The number of aliphatic imine (C=N–C) groups is 2. The summed E-state index contributed by atoms with van der Waals surface area (Å²) in [6.45, 7) is 7.28. The molecule has 7 atom stereocenters. The molecule has 0 saturated heterocycles. The molecule has 0 aromatic heterocycles. The zero-order chi connectivity index (χ0) is 57.7. The minimum absolute atomic E-state index is 0.0169. The number of nitrogens with zero attached hydrogens (tertiary/aromatic N) is 3. The van der Waals surface area contributed by atoms with Gasteiger partial charge in [-0.2, -0.15) is 4.72 Å². The predicted octanol–water partition coefficient (Wildman–Crippen LogP) is 0.852. The van der Waals surface area contributed by atoms with Crippen molar-refractivity contribution in [3.63, 3.8) is 0 Å². The van der Waals surface area contributed by atoms with Gasteiger partial charge in [0.1, 0.15) is 42.0 Å². The number of rotatable bonds is 31. The van der Waals surface area contributed by atoms with E-state index in [0.29, 0.717) is 28.3 Å². The van der Waals surface area contributed by atoms with Crippen LogP contribution in [0.2, 0.25) is 0 Å². The highest BCUT2D eigenvalue weighted by Gasteiger charge is 2.35. The normalized spacial score (nSPS) is 14.0. The summed E-state index contributed by atoms with van der Waals surface area (Å²) in [5.41, 5.74) is 29.9. The van der Waals surface area contributed by atoms with Crippen LogP contribution in [0, 0.1) is 11.8 Å². The summed E-state index contributed by atoms with van der Waals surface area (Å²) in [6.07, 6.45) is 0.440. The smallest absolute Gasteiger partial charge is 0.243 e. The van der Waals surface area contributed by atoms with E-state index in [1.54, 1.807) is 61.5 Å². The molecule has 0 aliphatic rings. The van der Waals surface area contributed by atoms with Crippen molar-refractivity contribution in [2.24, 2.45) is 50.5 Å². The maximum Gasteiger partial charge on any atom is 0.243 e. The third kappa shape index (κ3) is 19.5. The Kier molecular flexibility index (Phi) is 24.1. The van der Waals surface area contributed by atoms with Gasteiger partial charge in [0.2, 0.25) is 45.5 Å². The third-order valence-corrected chi connectivity index (χ3v) is 14.4. The van der Waals surface area contributed by atoms with E-state index in [2.05, 4.69) is 41.3 Å². The van der Waals surface area contributed by atoms with E-state index in [9.17, 15) is 42.3 Å². The first-order chi connectivity index (χ1) is 36.9. The van der Waals surface area contributed by atoms with Crippen LogP contribution in [0.4, 0.5) is 5.69 Å². The van der Waals surface area contributed by atoms with Gasteiger partial charge in [-0.25, -0.2) is 8.42 Å². The van der Waals surface area contributed by atoms with Crippen LogP contribution in [0.1, 0.15) is 77.3 Å². The van der Waals surface area contributed by atoms with Gasteiger partial charge in [0, 0.05) is 56.5 Å². The van der Waals surface area contributed by atoms with E-state index >= 15 is 0 Å². The summed E-state index contributed by atoms with van der Waals surface area (Å²) in [7, 11) is -0.718. The monoisotopic (exact) mass is 1100 g/mol. The Morgan fingerprint density at radius 2 is 1.04 bits per heavy atom. The molecular formula is C54H78N14O9S. The minimum Gasteiger partial charge on any atom is -0.508 e. The number of phenols is 1. The summed E-state index contributed by atoms with van der Waals surface area (Å²) in [5.74, 6) is -5.89. The van der Waals surface area contributed by atoms with Gasteiger partial charge in [0.15, 0.2) is 11.9 Å². The summed E-state index contributed by atoms with van der Waals surface area (Å²) >= 11 is 0. The quantitative estimate of drug-likeness (QED) is 0.0189. The number of phenolic OH excluding ortho intramolecular Hbond substituents is 1. The number of hydrogen-bond acceptors (Lipinski definition) is 12. The second-order valence-corrected chi connectivity index (χ2v) is 21.5. The van der Waals surface area contributed by atoms with Crippen LogP contribution in [-0.4, -0.2) is 124 Å². The molecule has 0 bridgehead atoms. The lowest BCUT2D eigenvalue weighted by molar-refractivity contribution is -0.135. The number of amides is 6. The Bertz CT molecular complexity index is 2840. The van der Waals surface area contributed by atoms with Crippen molar-refractivity contribution in [2.75, 3.05) is 32.1 Å². The van der Waals surface area contributed by atoms with Crippen molar-refractivity contribution >= 4 is 73.8 Å². The number of nitrogens with one attached hydrogen (secondary N) is 6. The Hall–Kier alpha value is -7.99. The molecule has 0 saturated carbocycles. The predicted molar refractivity (Wildman–Crippen MR) is 302 cm³/mol. The van der Waals surface area contributed by atoms with Crippen LogP contribution >= 0.6 is 0 Å². The average Bonchev–Trinajstić information content (AvgIpc) is 3.45. The van der Waals surface area contributed by atoms with Gasteiger partial charge < -0.3 is 65.3 Å². The van der Waals surface area contributed by atoms with E-state index < -0.39 is 81.7 Å². The van der Waals surface area contributed by atoms with Crippen molar-refractivity contribution in [1.82, 2.24) is 31.3 Å². The molecular weight excluding hydrogens is 1020 g/mol. The van der Waals surface area contributed by atoms with Crippen LogP contribution < -0.4 is 64.9 Å². The fraction of sp³-hybridized carbons (Fsp3) is 0.444. The number of guanidine groups is 2. The van der Waals surface area contributed by atoms with Gasteiger partial charge in [-0.1, -0.05) is 101 Å². The molecule has 0 unspecified atom stereocenters. The molecule has 78 heavy (non-hydrogen) atoms. The van der Waals surface area contributed by atoms with Crippen LogP contribution in [0.3, 0.4) is 0 Å². The molecule has 0 aliphatic carbocycles. The van der Waals surface area contributed by atoms with Crippen molar-refractivity contribution < 1.29 is 42.3 Å². The largest absolute Gasteiger partial charge is 0.508 e. The number of anilines is 1. The third-order valence-electron chi connectivity index (χ3n) is 12.8. The van der Waals surface area contributed by atoms with Crippen LogP contribution in [0.25, 0.3) is 10.8 Å². The SMILES string of the molecule is CC[C@H](C)[C@H](NC(=O)[C@H](Cc1ccccc1)NC(=O)[C@H](CCCN=C(N)N)NC(=O)[C@H](CCCN=C(N)N)NC(=O)[C@H](Cc1ccc(O)cc1)NC(=O)[C@H](CC(C)C)NS(=O)(=O)c1cccc2c(N(C)C)cccc12)C(N)=O. The molecule has 424 valence electrons. The fourth-order valence-corrected chi connectivity index (χ4v) is 10.0. The second kappa shape index (κ2) is 30.1. The molecule has 0 aliphatic heterocycles. The van der Waals surface area contributed by atoms with Crippen molar-refractivity contribution in [1.29, 1.82) is 0 Å². The van der Waals surface area contributed by atoms with Crippen LogP contribution in [0.15, 0.2) is 106 Å². The molecule has 0 fully saturated rings. The van der Waals surface area contributed by atoms with Gasteiger partial charge in [0.25, 0.3) is 0 Å². The average molecular weight is 1100 g/mol. The lowest BCUT2D eigenvalue weighted by Crippen LogP contribution is -2.60. The molecule has 0 heterocycles. The first-order valence-electron chi connectivity index (χ1n) is 25.9. The number of primary amides is 1. The van der Waals surface area contributed by atoms with E-state index in [1.807, 2.05) is 45.8 Å². The summed E-state index contributed by atoms with van der Waals surface area (Å²) in [5, 5.41) is 24.8. The van der Waals surface area contributed by atoms with Crippen LogP contribution in [0.5, 0.6) is 5.75 Å². The number of carbonyl (C=O) groups is 6. The first kappa shape index (κ1) is 62.5. The number of carbonyl (C=O) groups excluding carboxylic acids is 6. The molecule has 24 heteroatoms. The maximum absolute atomic E-state index is 14.7.